The highest BCUT2D eigenvalue weighted by Gasteiger charge is 2.35. The Hall–Kier alpha value is -2.32. The van der Waals surface area contributed by atoms with E-state index in [1.54, 1.807) is 19.2 Å². The molecule has 1 aromatic carbocycles. The van der Waals surface area contributed by atoms with Gasteiger partial charge < -0.3 is 15.4 Å². The second-order valence-electron chi connectivity index (χ2n) is 5.03. The van der Waals surface area contributed by atoms with Crippen LogP contribution in [-0.2, 0) is 21.3 Å². The van der Waals surface area contributed by atoms with Crippen molar-refractivity contribution in [2.24, 2.45) is 5.73 Å². The van der Waals surface area contributed by atoms with E-state index in [0.717, 1.165) is 11.3 Å². The number of carbonyl (C=O) groups excluding carboxylic acids is 1. The van der Waals surface area contributed by atoms with Gasteiger partial charge in [0, 0.05) is 12.7 Å². The zero-order chi connectivity index (χ0) is 17.0. The molecule has 0 aromatic heterocycles. The van der Waals surface area contributed by atoms with Crippen molar-refractivity contribution in [3.63, 3.8) is 0 Å². The Kier molecular flexibility index (Phi) is 5.07. The number of allylic oxidation sites excluding steroid dienone is 2. The van der Waals surface area contributed by atoms with Crippen LogP contribution in [-0.4, -0.2) is 42.8 Å². The van der Waals surface area contributed by atoms with Gasteiger partial charge in [-0.25, -0.2) is 0 Å². The van der Waals surface area contributed by atoms with Crippen LogP contribution >= 0.6 is 0 Å². The van der Waals surface area contributed by atoms with Gasteiger partial charge in [-0.2, -0.15) is 8.42 Å². The molecule has 0 spiro atoms. The summed E-state index contributed by atoms with van der Waals surface area (Å²) in [5, 5.41) is -1.48. The quantitative estimate of drug-likeness (QED) is 0.739. The van der Waals surface area contributed by atoms with Gasteiger partial charge in [0.25, 0.3) is 10.1 Å². The van der Waals surface area contributed by atoms with Gasteiger partial charge in [0.1, 0.15) is 5.75 Å². The highest BCUT2D eigenvalue weighted by molar-refractivity contribution is 7.86. The first-order valence-electron chi connectivity index (χ1n) is 6.86. The van der Waals surface area contributed by atoms with Gasteiger partial charge >= 0.3 is 0 Å². The molecular formula is C15H18N2O5S. The number of nitrogens with zero attached hydrogens (tertiary/aromatic N) is 1. The minimum atomic E-state index is -4.50. The second kappa shape index (κ2) is 6.84. The fourth-order valence-electron chi connectivity index (χ4n) is 2.37. The van der Waals surface area contributed by atoms with Gasteiger partial charge in [-0.3, -0.25) is 9.35 Å². The van der Waals surface area contributed by atoms with E-state index < -0.39 is 21.4 Å². The normalized spacial score (nSPS) is 17.7. The third-order valence-electron chi connectivity index (χ3n) is 3.50. The lowest BCUT2D eigenvalue weighted by molar-refractivity contribution is -0.115. The zero-order valence-corrected chi connectivity index (χ0v) is 13.4. The number of ether oxygens (including phenoxy) is 1. The molecule has 1 unspecified atom stereocenters. The highest BCUT2D eigenvalue weighted by Crippen LogP contribution is 2.22. The van der Waals surface area contributed by atoms with E-state index in [4.69, 9.17) is 10.5 Å². The van der Waals surface area contributed by atoms with E-state index >= 15 is 0 Å². The molecule has 7 nitrogen and oxygen atoms in total. The molecule has 0 radical (unpaired) electrons. The summed E-state index contributed by atoms with van der Waals surface area (Å²) in [6.07, 6.45) is 4.85. The number of amides is 1. The average molecular weight is 338 g/mol. The molecule has 0 saturated carbocycles. The number of benzene rings is 1. The third kappa shape index (κ3) is 4.11. The van der Waals surface area contributed by atoms with Crippen LogP contribution < -0.4 is 10.5 Å². The van der Waals surface area contributed by atoms with E-state index in [1.165, 1.54) is 23.3 Å². The van der Waals surface area contributed by atoms with Crippen LogP contribution in [0.15, 0.2) is 48.2 Å². The summed E-state index contributed by atoms with van der Waals surface area (Å²) in [7, 11) is -2.93. The van der Waals surface area contributed by atoms with Gasteiger partial charge in [-0.15, -0.1) is 0 Å². The molecule has 1 aliphatic heterocycles. The Morgan fingerprint density at radius 1 is 1.35 bits per heavy atom. The van der Waals surface area contributed by atoms with Crippen LogP contribution in [0.5, 0.6) is 5.75 Å². The molecule has 0 fully saturated rings. The Bertz CT molecular complexity index is 738. The summed E-state index contributed by atoms with van der Waals surface area (Å²) in [4.78, 5) is 12.8. The molecular weight excluding hydrogens is 320 g/mol. The maximum atomic E-state index is 11.6. The van der Waals surface area contributed by atoms with E-state index in [-0.39, 0.29) is 12.1 Å². The molecule has 8 heteroatoms. The summed E-state index contributed by atoms with van der Waals surface area (Å²) in [5.74, 6) is -0.159. The minimum Gasteiger partial charge on any atom is -0.497 e. The van der Waals surface area contributed by atoms with Crippen LogP contribution in [0.25, 0.3) is 0 Å². The van der Waals surface area contributed by atoms with Crippen molar-refractivity contribution >= 4 is 16.0 Å². The Labute approximate surface area is 134 Å². The summed E-state index contributed by atoms with van der Waals surface area (Å²) in [6.45, 7) is 0.290. The molecule has 0 bridgehead atoms. The first-order chi connectivity index (χ1) is 10.8. The SMILES string of the molecule is COc1ccc(CCN2C=CC=C(C(N)=O)C2S(=O)(=O)O)cc1. The number of rotatable bonds is 6. The van der Waals surface area contributed by atoms with E-state index in [2.05, 4.69) is 0 Å². The van der Waals surface area contributed by atoms with Gasteiger partial charge in [-0.1, -0.05) is 12.1 Å². The highest BCUT2D eigenvalue weighted by atomic mass is 32.2. The summed E-state index contributed by atoms with van der Waals surface area (Å²) >= 11 is 0. The first-order valence-corrected chi connectivity index (χ1v) is 8.36. The number of methoxy groups -OCH3 is 1. The van der Waals surface area contributed by atoms with Crippen molar-refractivity contribution < 1.29 is 22.5 Å². The first kappa shape index (κ1) is 17.0. The molecule has 1 atom stereocenters. The van der Waals surface area contributed by atoms with Crippen molar-refractivity contribution in [3.8, 4) is 5.75 Å². The molecule has 0 aliphatic carbocycles. The third-order valence-corrected chi connectivity index (χ3v) is 4.59. The van der Waals surface area contributed by atoms with Crippen molar-refractivity contribution in [1.29, 1.82) is 0 Å². The molecule has 124 valence electrons. The van der Waals surface area contributed by atoms with Crippen LogP contribution in [0, 0.1) is 0 Å². The van der Waals surface area contributed by atoms with Gasteiger partial charge in [0.05, 0.1) is 12.7 Å². The fourth-order valence-corrected chi connectivity index (χ4v) is 3.41. The van der Waals surface area contributed by atoms with E-state index in [9.17, 15) is 17.8 Å². The topological polar surface area (TPSA) is 110 Å². The largest absolute Gasteiger partial charge is 0.497 e. The second-order valence-corrected chi connectivity index (χ2v) is 6.51. The van der Waals surface area contributed by atoms with Crippen LogP contribution in [0.4, 0.5) is 0 Å². The Morgan fingerprint density at radius 3 is 2.52 bits per heavy atom. The van der Waals surface area contributed by atoms with Gasteiger partial charge in [0.2, 0.25) is 5.91 Å². The van der Waals surface area contributed by atoms with Crippen LogP contribution in [0.3, 0.4) is 0 Å². The fraction of sp³-hybridized carbons (Fsp3) is 0.267. The predicted molar refractivity (Wildman–Crippen MR) is 85.2 cm³/mol. The van der Waals surface area contributed by atoms with Crippen molar-refractivity contribution in [2.45, 2.75) is 11.8 Å². The molecule has 1 amide bonds. The lowest BCUT2D eigenvalue weighted by atomic mass is 10.1. The monoisotopic (exact) mass is 338 g/mol. The summed E-state index contributed by atoms with van der Waals surface area (Å²) < 4.78 is 37.7. The van der Waals surface area contributed by atoms with Crippen LogP contribution in [0.1, 0.15) is 5.56 Å². The van der Waals surface area contributed by atoms with Gasteiger partial charge in [0.15, 0.2) is 5.37 Å². The van der Waals surface area contributed by atoms with Crippen molar-refractivity contribution in [2.75, 3.05) is 13.7 Å². The van der Waals surface area contributed by atoms with E-state index in [0.29, 0.717) is 6.42 Å². The molecule has 3 N–H and O–H groups in total. The maximum Gasteiger partial charge on any atom is 0.290 e. The predicted octanol–water partition coefficient (Wildman–Crippen LogP) is 0.693. The molecule has 1 aromatic rings. The molecule has 1 aliphatic rings. The number of carbonyl (C=O) groups is 1. The van der Waals surface area contributed by atoms with Crippen molar-refractivity contribution in [1.82, 2.24) is 4.90 Å². The number of nitrogens with two attached hydrogens (primary N) is 1. The average Bonchev–Trinajstić information content (AvgIpc) is 2.52. The Balaban J connectivity index is 2.15. The minimum absolute atomic E-state index is 0.162. The molecule has 1 heterocycles. The molecule has 2 rings (SSSR count). The lowest BCUT2D eigenvalue weighted by Crippen LogP contribution is -2.44. The van der Waals surface area contributed by atoms with Crippen LogP contribution in [0.2, 0.25) is 0 Å². The maximum absolute atomic E-state index is 11.6. The summed E-state index contributed by atoms with van der Waals surface area (Å²) in [5.41, 5.74) is 6.00. The Morgan fingerprint density at radius 2 is 2.00 bits per heavy atom. The molecule has 23 heavy (non-hydrogen) atoms. The van der Waals surface area contributed by atoms with Crippen molar-refractivity contribution in [3.05, 3.63) is 53.8 Å². The smallest absolute Gasteiger partial charge is 0.290 e. The zero-order valence-electron chi connectivity index (χ0n) is 12.5. The lowest BCUT2D eigenvalue weighted by Gasteiger charge is -2.31. The summed E-state index contributed by atoms with van der Waals surface area (Å²) in [6, 6.07) is 7.33. The number of primary amides is 1. The van der Waals surface area contributed by atoms with E-state index in [1.807, 2.05) is 12.1 Å². The number of hydrogen-bond donors (Lipinski definition) is 2. The standard InChI is InChI=1S/C15H18N2O5S/c1-22-12-6-4-11(5-7-12)8-10-17-9-2-3-13(14(16)18)15(17)23(19,20)21/h2-7,9,15H,8,10H2,1H3,(H2,16,18)(H,19,20,21). The van der Waals surface area contributed by atoms with Gasteiger partial charge in [-0.05, 0) is 36.3 Å². The number of hydrogen-bond acceptors (Lipinski definition) is 5. The molecule has 0 saturated heterocycles.